The fourth-order valence-corrected chi connectivity index (χ4v) is 2.98. The van der Waals surface area contributed by atoms with Gasteiger partial charge in [0.1, 0.15) is 12.8 Å². The zero-order chi connectivity index (χ0) is 23.7. The third-order valence-electron chi connectivity index (χ3n) is 4.73. The van der Waals surface area contributed by atoms with Crippen LogP contribution in [0.4, 0.5) is 0 Å². The molecular weight excluding hydrogens is 400 g/mol. The molecule has 0 saturated carbocycles. The van der Waals surface area contributed by atoms with Gasteiger partial charge in [0.25, 0.3) is 5.91 Å². The summed E-state index contributed by atoms with van der Waals surface area (Å²) in [5.41, 5.74) is 6.05. The first kappa shape index (κ1) is 31.2. The van der Waals surface area contributed by atoms with Gasteiger partial charge in [0.2, 0.25) is 11.8 Å². The molecule has 0 bridgehead atoms. The lowest BCUT2D eigenvalue weighted by molar-refractivity contribution is -0.140. The molecule has 0 aromatic rings. The zero-order valence-electron chi connectivity index (χ0n) is 19.5. The maximum atomic E-state index is 12.4. The number of aldehydes is 1. The average molecular weight is 445 g/mol. The van der Waals surface area contributed by atoms with Crippen molar-refractivity contribution < 1.29 is 24.4 Å². The maximum Gasteiger partial charge on any atom is 0.262 e. The van der Waals surface area contributed by atoms with Gasteiger partial charge in [-0.1, -0.05) is 51.9 Å². The van der Waals surface area contributed by atoms with Crippen molar-refractivity contribution in [1.29, 1.82) is 0 Å². The predicted octanol–water partition coefficient (Wildman–Crippen LogP) is 2.30. The van der Waals surface area contributed by atoms with E-state index in [0.29, 0.717) is 19.5 Å². The van der Waals surface area contributed by atoms with Crippen molar-refractivity contribution >= 4 is 24.0 Å². The van der Waals surface area contributed by atoms with E-state index in [9.17, 15) is 19.2 Å². The van der Waals surface area contributed by atoms with Gasteiger partial charge in [0.05, 0.1) is 0 Å². The number of rotatable bonds is 19. The van der Waals surface area contributed by atoms with Gasteiger partial charge in [-0.25, -0.2) is 5.48 Å². The van der Waals surface area contributed by atoms with Gasteiger partial charge in [-0.05, 0) is 26.3 Å². The second-order valence-corrected chi connectivity index (χ2v) is 7.34. The Labute approximate surface area is 187 Å². The first-order valence-electron chi connectivity index (χ1n) is 11.5. The number of nitrogens with one attached hydrogen (secondary N) is 2. The van der Waals surface area contributed by atoms with Gasteiger partial charge in [-0.15, -0.1) is 0 Å². The molecule has 3 amide bonds. The highest BCUT2D eigenvalue weighted by Crippen LogP contribution is 2.09. The van der Waals surface area contributed by atoms with Crippen molar-refractivity contribution in [3.63, 3.8) is 0 Å². The molecule has 0 heterocycles. The van der Waals surface area contributed by atoms with E-state index in [1.54, 1.807) is 5.48 Å². The Kier molecular flexibility index (Phi) is 24.4. The normalized spacial score (nSPS) is 9.94. The number of hydrogen-bond acceptors (Lipinski definition) is 6. The Morgan fingerprint density at radius 1 is 0.871 bits per heavy atom. The molecule has 0 aliphatic heterocycles. The van der Waals surface area contributed by atoms with Gasteiger partial charge in [0.15, 0.2) is 0 Å². The number of carbonyl (C=O) groups is 4. The topological polar surface area (TPSA) is 142 Å². The summed E-state index contributed by atoms with van der Waals surface area (Å²) in [5.74, 6) is -1.13. The van der Waals surface area contributed by atoms with Crippen LogP contribution in [0.3, 0.4) is 0 Å². The minimum atomic E-state index is -0.641. The zero-order valence-corrected chi connectivity index (χ0v) is 19.5. The number of nitrogens with zero attached hydrogens (tertiary/aromatic N) is 1. The number of amides is 3. The molecule has 9 heteroatoms. The van der Waals surface area contributed by atoms with Gasteiger partial charge in [0, 0.05) is 32.4 Å². The minimum Gasteiger partial charge on any atom is -0.356 e. The summed E-state index contributed by atoms with van der Waals surface area (Å²) in [6.45, 7) is 2.90. The van der Waals surface area contributed by atoms with E-state index < -0.39 is 5.91 Å². The minimum absolute atomic E-state index is 0.0237. The number of hydroxylamine groups is 1. The summed E-state index contributed by atoms with van der Waals surface area (Å²) in [5, 5.41) is 11.5. The van der Waals surface area contributed by atoms with Crippen LogP contribution in [0.15, 0.2) is 0 Å². The van der Waals surface area contributed by atoms with Crippen molar-refractivity contribution in [2.45, 2.75) is 90.4 Å². The summed E-state index contributed by atoms with van der Waals surface area (Å²) < 4.78 is 0. The van der Waals surface area contributed by atoms with E-state index >= 15 is 0 Å². The quantitative estimate of drug-likeness (QED) is 0.104. The third-order valence-corrected chi connectivity index (χ3v) is 4.73. The Balaban J connectivity index is 0. The second-order valence-electron chi connectivity index (χ2n) is 7.34. The van der Waals surface area contributed by atoms with Gasteiger partial charge < -0.3 is 20.7 Å². The molecule has 0 radical (unpaired) electrons. The summed E-state index contributed by atoms with van der Waals surface area (Å²) >= 11 is 0. The van der Waals surface area contributed by atoms with Crippen molar-refractivity contribution in [2.75, 3.05) is 26.7 Å². The highest BCUT2D eigenvalue weighted by Gasteiger charge is 2.17. The van der Waals surface area contributed by atoms with Gasteiger partial charge in [-0.3, -0.25) is 19.6 Å². The largest absolute Gasteiger partial charge is 0.356 e. The van der Waals surface area contributed by atoms with E-state index in [-0.39, 0.29) is 31.2 Å². The molecule has 31 heavy (non-hydrogen) atoms. The first-order valence-corrected chi connectivity index (χ1v) is 11.5. The molecule has 5 N–H and O–H groups in total. The average Bonchev–Trinajstić information content (AvgIpc) is 2.79. The van der Waals surface area contributed by atoms with Crippen LogP contribution in [-0.2, 0) is 19.2 Å². The lowest BCUT2D eigenvalue weighted by atomic mass is 10.1. The molecule has 182 valence electrons. The number of hydrogen-bond donors (Lipinski definition) is 4. The Hall–Kier alpha value is -2.00. The number of carbonyl (C=O) groups excluding carboxylic acids is 4. The van der Waals surface area contributed by atoms with E-state index in [2.05, 4.69) is 18.0 Å². The fraction of sp³-hybridized carbons (Fsp3) is 0.818. The van der Waals surface area contributed by atoms with Gasteiger partial charge >= 0.3 is 0 Å². The van der Waals surface area contributed by atoms with Crippen LogP contribution in [0.5, 0.6) is 0 Å². The predicted molar refractivity (Wildman–Crippen MR) is 121 cm³/mol. The molecule has 0 rings (SSSR count). The van der Waals surface area contributed by atoms with Crippen LogP contribution in [-0.4, -0.2) is 60.8 Å². The molecule has 0 atom stereocenters. The van der Waals surface area contributed by atoms with Crippen LogP contribution >= 0.6 is 0 Å². The smallest absolute Gasteiger partial charge is 0.262 e. The molecule has 9 nitrogen and oxygen atoms in total. The van der Waals surface area contributed by atoms with E-state index in [0.717, 1.165) is 38.4 Å². The van der Waals surface area contributed by atoms with Crippen molar-refractivity contribution in [3.05, 3.63) is 0 Å². The summed E-state index contributed by atoms with van der Waals surface area (Å²) in [6, 6.07) is 0. The van der Waals surface area contributed by atoms with Crippen LogP contribution in [0.25, 0.3) is 0 Å². The number of nitrogens with two attached hydrogens (primary N) is 1. The molecule has 0 aliphatic carbocycles. The third kappa shape index (κ3) is 21.0. The molecular formula is C22H44N4O5. The van der Waals surface area contributed by atoms with Crippen LogP contribution in [0.1, 0.15) is 90.4 Å². The highest BCUT2D eigenvalue weighted by molar-refractivity contribution is 5.87. The number of unbranched alkanes of at least 4 members (excludes halogenated alkanes) is 9. The Morgan fingerprint density at radius 3 is 2.06 bits per heavy atom. The molecule has 0 unspecified atom stereocenters. The summed E-state index contributed by atoms with van der Waals surface area (Å²) in [6.07, 6.45) is 11.9. The van der Waals surface area contributed by atoms with Crippen molar-refractivity contribution in [2.24, 2.45) is 5.73 Å². The van der Waals surface area contributed by atoms with Crippen molar-refractivity contribution in [1.82, 2.24) is 15.7 Å². The molecule has 0 aliphatic rings. The Bertz CT molecular complexity index is 475. The monoisotopic (exact) mass is 444 g/mol. The Morgan fingerprint density at radius 2 is 1.48 bits per heavy atom. The maximum absolute atomic E-state index is 12.4. The molecule has 0 spiro atoms. The van der Waals surface area contributed by atoms with E-state index in [1.807, 2.05) is 0 Å². The SMILES string of the molecule is CCCCCCCCCCN(CC(=O)NO)C(=O)CCC(=O)NCCCCC=O.CN. The molecule has 0 saturated heterocycles. The lowest BCUT2D eigenvalue weighted by Crippen LogP contribution is -2.40. The summed E-state index contributed by atoms with van der Waals surface area (Å²) in [4.78, 5) is 47.3. The highest BCUT2D eigenvalue weighted by atomic mass is 16.5. The van der Waals surface area contributed by atoms with Gasteiger partial charge in [-0.2, -0.15) is 0 Å². The summed E-state index contributed by atoms with van der Waals surface area (Å²) in [7, 11) is 1.50. The second kappa shape index (κ2) is 24.3. The lowest BCUT2D eigenvalue weighted by Gasteiger charge is -2.21. The van der Waals surface area contributed by atoms with E-state index in [1.165, 1.54) is 44.1 Å². The first-order chi connectivity index (χ1) is 15.0. The van der Waals surface area contributed by atoms with Crippen molar-refractivity contribution in [3.8, 4) is 0 Å². The molecule has 0 aromatic heterocycles. The van der Waals surface area contributed by atoms with Crippen LogP contribution in [0.2, 0.25) is 0 Å². The molecule has 0 fully saturated rings. The van der Waals surface area contributed by atoms with Crippen LogP contribution in [0, 0.1) is 0 Å². The fourth-order valence-electron chi connectivity index (χ4n) is 2.98. The van der Waals surface area contributed by atoms with Crippen LogP contribution < -0.4 is 16.5 Å². The molecule has 0 aromatic carbocycles. The van der Waals surface area contributed by atoms with E-state index in [4.69, 9.17) is 5.21 Å². The standard InChI is InChI=1S/C21H39N3O5.CH5N/c1-2-3-4-5-6-7-8-11-16-24(18-20(27)23-29)21(28)14-13-19(26)22-15-10-9-12-17-25;1-2/h17,29H,2-16,18H2,1H3,(H,22,26)(H,23,27);2H2,1H3.